The van der Waals surface area contributed by atoms with E-state index in [4.69, 9.17) is 8.83 Å². The van der Waals surface area contributed by atoms with Crippen molar-refractivity contribution < 1.29 is 28.7 Å². The minimum atomic E-state index is -0.237. The molecule has 0 atom stereocenters. The van der Waals surface area contributed by atoms with Crippen LogP contribution < -0.4 is 5.42 Å². The third kappa shape index (κ3) is 3.28. The fourth-order valence-corrected chi connectivity index (χ4v) is 3.67. The Bertz CT molecular complexity index is 1460. The second-order valence-electron chi connectivity index (χ2n) is 7.64. The number of rotatable bonds is 1. The molecule has 0 spiro atoms. The molecule has 2 aliphatic heterocycles. The van der Waals surface area contributed by atoms with Crippen LogP contribution in [0.1, 0.15) is 0 Å². The highest BCUT2D eigenvalue weighted by molar-refractivity contribution is 6.05. The molecular weight excluding hydrogens is 394 g/mol. The first-order chi connectivity index (χ1) is 14.9. The van der Waals surface area contributed by atoms with E-state index in [0.29, 0.717) is 27.9 Å². The zero-order chi connectivity index (χ0) is 21.7. The molecule has 0 unspecified atom stereocenters. The number of nitrogens with zero attached hydrogens (tertiary/aromatic N) is 1. The molecule has 2 aromatic rings. The van der Waals surface area contributed by atoms with Gasteiger partial charge < -0.3 is 24.2 Å². The lowest BCUT2D eigenvalue weighted by Crippen LogP contribution is -2.12. The molecule has 2 aromatic carbocycles. The first-order valence-corrected chi connectivity index (χ1v) is 9.72. The third-order valence-corrected chi connectivity index (χ3v) is 5.28. The van der Waals surface area contributed by atoms with Crippen LogP contribution in [0.15, 0.2) is 75.6 Å². The van der Waals surface area contributed by atoms with Gasteiger partial charge in [0.2, 0.25) is 0 Å². The monoisotopic (exact) mass is 414 g/mol. The molecule has 31 heavy (non-hydrogen) atoms. The van der Waals surface area contributed by atoms with Gasteiger partial charge in [0.1, 0.15) is 42.2 Å². The van der Waals surface area contributed by atoms with Crippen molar-refractivity contribution in [3.05, 3.63) is 72.2 Å². The number of phenolic OH excluding ortho intramolecular Hbond substituents is 3. The number of hydrogen-bond donors (Lipinski definition) is 3. The largest absolute Gasteiger partial charge is 0.508 e. The molecule has 1 aliphatic carbocycles. The van der Waals surface area contributed by atoms with Crippen molar-refractivity contribution in [1.82, 2.24) is 0 Å². The molecule has 6 nitrogen and oxygen atoms in total. The minimum absolute atomic E-state index is 0.0205. The zero-order valence-corrected chi connectivity index (χ0v) is 17.0. The highest BCUT2D eigenvalue weighted by Gasteiger charge is 2.19. The first kappa shape index (κ1) is 18.8. The fraction of sp³-hybridized carbons (Fsp3) is 0.0800. The summed E-state index contributed by atoms with van der Waals surface area (Å²) in [6, 6.07) is 11.4. The molecule has 0 saturated heterocycles. The molecule has 6 heteroatoms. The molecule has 0 saturated carbocycles. The molecule has 154 valence electrons. The lowest BCUT2D eigenvalue weighted by atomic mass is 9.99. The van der Waals surface area contributed by atoms with Crippen molar-refractivity contribution in [2.24, 2.45) is 0 Å². The van der Waals surface area contributed by atoms with Crippen LogP contribution in [0.5, 0.6) is 17.2 Å². The van der Waals surface area contributed by atoms with Crippen molar-refractivity contribution in [2.45, 2.75) is 0 Å². The molecule has 3 N–H and O–H groups in total. The highest BCUT2D eigenvalue weighted by atomic mass is 16.3. The third-order valence-electron chi connectivity index (χ3n) is 5.28. The van der Waals surface area contributed by atoms with Crippen LogP contribution in [0.3, 0.4) is 0 Å². The molecule has 5 rings (SSSR count). The van der Waals surface area contributed by atoms with E-state index in [0.717, 1.165) is 22.4 Å². The Kier molecular flexibility index (Phi) is 4.22. The minimum Gasteiger partial charge on any atom is -0.508 e. The van der Waals surface area contributed by atoms with Gasteiger partial charge in [-0.1, -0.05) is 0 Å². The molecule has 0 bridgehead atoms. The van der Waals surface area contributed by atoms with Gasteiger partial charge >= 0.3 is 0 Å². The van der Waals surface area contributed by atoms with Gasteiger partial charge in [-0.2, -0.15) is 0 Å². The summed E-state index contributed by atoms with van der Waals surface area (Å²) in [4.78, 5) is 0. The molecule has 0 radical (unpaired) electrons. The molecule has 0 amide bonds. The van der Waals surface area contributed by atoms with Crippen LogP contribution in [-0.2, 0) is 0 Å². The second-order valence-corrected chi connectivity index (χ2v) is 7.64. The van der Waals surface area contributed by atoms with Crippen molar-refractivity contribution in [3.8, 4) is 39.7 Å². The maximum Gasteiger partial charge on any atom is 0.199 e. The van der Waals surface area contributed by atoms with Gasteiger partial charge in [-0.05, 0) is 48.0 Å². The summed E-state index contributed by atoms with van der Waals surface area (Å²) >= 11 is 0. The summed E-state index contributed by atoms with van der Waals surface area (Å²) in [5, 5.41) is 29.7. The van der Waals surface area contributed by atoms with Gasteiger partial charge in [-0.15, -0.1) is 0 Å². The first-order valence-electron chi connectivity index (χ1n) is 9.72. The predicted molar refractivity (Wildman–Crippen MR) is 118 cm³/mol. The summed E-state index contributed by atoms with van der Waals surface area (Å²) in [5.74, 6) is 0.0584. The van der Waals surface area contributed by atoms with Gasteiger partial charge in [-0.25, -0.2) is 4.58 Å². The van der Waals surface area contributed by atoms with Gasteiger partial charge in [0.15, 0.2) is 17.2 Å². The summed E-state index contributed by atoms with van der Waals surface area (Å²) in [6.07, 6.45) is 7.99. The van der Waals surface area contributed by atoms with Crippen molar-refractivity contribution in [1.29, 1.82) is 0 Å². The number of allylic oxidation sites excluding steroid dienone is 4. The number of phenols is 3. The molecular formula is C25H20NO5+. The normalized spacial score (nSPS) is 13.5. The quantitative estimate of drug-likeness (QED) is 0.321. The Morgan fingerprint density at radius 1 is 0.710 bits per heavy atom. The van der Waals surface area contributed by atoms with Crippen molar-refractivity contribution >= 4 is 22.5 Å². The Morgan fingerprint density at radius 2 is 1.42 bits per heavy atom. The van der Waals surface area contributed by atoms with Crippen LogP contribution in [0, 0.1) is 0 Å². The van der Waals surface area contributed by atoms with Gasteiger partial charge in [0, 0.05) is 35.4 Å². The Labute approximate surface area is 177 Å². The highest BCUT2D eigenvalue weighted by Crippen LogP contribution is 2.39. The van der Waals surface area contributed by atoms with Crippen LogP contribution in [0.4, 0.5) is 0 Å². The van der Waals surface area contributed by atoms with E-state index < -0.39 is 0 Å². The molecule has 2 heterocycles. The summed E-state index contributed by atoms with van der Waals surface area (Å²) < 4.78 is 14.1. The predicted octanol–water partition coefficient (Wildman–Crippen LogP) is 4.19. The van der Waals surface area contributed by atoms with Crippen LogP contribution in [-0.4, -0.2) is 39.7 Å². The standard InChI is InChI=1S/C25H19NO5/c1-26(2)17-6-3-14(4-7-17)21-10-16-11-22(15-5-8-19(28)20(29)9-15)31-24-13-18(27)12-23(30-21)25(16)24/h3-13H,1-2H3,(H2,27,28,29)/p+1. The fourth-order valence-electron chi connectivity index (χ4n) is 3.67. The van der Waals surface area contributed by atoms with Gasteiger partial charge in [-0.3, -0.25) is 0 Å². The Hall–Kier alpha value is -4.19. The van der Waals surface area contributed by atoms with Crippen molar-refractivity contribution in [2.75, 3.05) is 14.1 Å². The van der Waals surface area contributed by atoms with Crippen LogP contribution in [0.25, 0.3) is 39.2 Å². The van der Waals surface area contributed by atoms with E-state index in [1.54, 1.807) is 12.1 Å². The van der Waals surface area contributed by atoms with E-state index in [1.165, 1.54) is 18.2 Å². The lowest BCUT2D eigenvalue weighted by Gasteiger charge is -2.14. The molecule has 0 fully saturated rings. The van der Waals surface area contributed by atoms with E-state index in [1.807, 2.05) is 55.1 Å². The Balaban J connectivity index is 1.79. The Morgan fingerprint density at radius 3 is 2.10 bits per heavy atom. The summed E-state index contributed by atoms with van der Waals surface area (Å²) in [6.45, 7) is 0. The van der Waals surface area contributed by atoms with Gasteiger partial charge in [0.05, 0.1) is 5.56 Å². The average Bonchev–Trinajstić information content (AvgIpc) is 2.75. The molecule has 3 aliphatic rings. The molecule has 0 aromatic heterocycles. The maximum absolute atomic E-state index is 10.2. The summed E-state index contributed by atoms with van der Waals surface area (Å²) in [5.41, 5.74) is 5.78. The maximum atomic E-state index is 10.2. The van der Waals surface area contributed by atoms with E-state index >= 15 is 0 Å². The summed E-state index contributed by atoms with van der Waals surface area (Å²) in [7, 11) is 3.97. The number of benzene rings is 2. The number of hydrogen-bond acceptors (Lipinski definition) is 5. The second kappa shape index (κ2) is 6.95. The van der Waals surface area contributed by atoms with E-state index in [-0.39, 0.29) is 17.2 Å². The average molecular weight is 414 g/mol. The van der Waals surface area contributed by atoms with E-state index in [9.17, 15) is 15.3 Å². The lowest BCUT2D eigenvalue weighted by molar-refractivity contribution is -0.462. The van der Waals surface area contributed by atoms with Crippen LogP contribution >= 0.6 is 0 Å². The van der Waals surface area contributed by atoms with E-state index in [2.05, 4.69) is 0 Å². The number of aromatic hydroxyl groups is 3. The SMILES string of the molecule is C[N+](C)=C1C=CC(=c2cc3cc(-c4ccc(O)c(O)c4)oc4cc(O)cc(o2)c4-3)C=C1. The van der Waals surface area contributed by atoms with Gasteiger partial charge in [0.25, 0.3) is 0 Å². The van der Waals surface area contributed by atoms with Crippen LogP contribution in [0.2, 0.25) is 0 Å². The smallest absolute Gasteiger partial charge is 0.199 e. The van der Waals surface area contributed by atoms with Crippen molar-refractivity contribution in [3.63, 3.8) is 0 Å². The topological polar surface area (TPSA) is 90.0 Å². The zero-order valence-electron chi connectivity index (χ0n) is 17.0.